The molecule has 0 unspecified atom stereocenters. The van der Waals surface area contributed by atoms with Crippen LogP contribution in [0.4, 0.5) is 0 Å². The van der Waals surface area contributed by atoms with Crippen LogP contribution in [0.15, 0.2) is 24.4 Å². The van der Waals surface area contributed by atoms with Gasteiger partial charge in [-0.15, -0.1) is 5.10 Å². The summed E-state index contributed by atoms with van der Waals surface area (Å²) in [5.74, 6) is 0.199. The van der Waals surface area contributed by atoms with Gasteiger partial charge >= 0.3 is 0 Å². The number of hydrogen-bond acceptors (Lipinski definition) is 7. The number of likely N-dealkylation sites (tertiary alicyclic amines) is 1. The summed E-state index contributed by atoms with van der Waals surface area (Å²) < 4.78 is 13.8. The fourth-order valence-electron chi connectivity index (χ4n) is 5.55. The molecule has 12 heteroatoms. The predicted octanol–water partition coefficient (Wildman–Crippen LogP) is 2.47. The highest BCUT2D eigenvalue weighted by Crippen LogP contribution is 2.27. The predicted molar refractivity (Wildman–Crippen MR) is 142 cm³/mol. The van der Waals surface area contributed by atoms with Gasteiger partial charge in [0.2, 0.25) is 5.91 Å². The number of carbonyl (C=O) groups is 2. The topological polar surface area (TPSA) is 127 Å². The van der Waals surface area contributed by atoms with Gasteiger partial charge in [-0.1, -0.05) is 16.8 Å². The van der Waals surface area contributed by atoms with Gasteiger partial charge in [0, 0.05) is 50.2 Å². The van der Waals surface area contributed by atoms with Crippen molar-refractivity contribution in [2.24, 2.45) is 0 Å². The number of nitrogens with zero attached hydrogens (tertiary/aromatic N) is 5. The number of aromatic nitrogens is 5. The number of hydrogen-bond donors (Lipinski definition) is 2. The number of benzene rings is 1. The van der Waals surface area contributed by atoms with Crippen LogP contribution >= 0.6 is 11.6 Å². The second-order valence-corrected chi connectivity index (χ2v) is 10.8. The molecular weight excluding hydrogens is 522 g/mol. The molecule has 2 aliphatic heterocycles. The summed E-state index contributed by atoms with van der Waals surface area (Å²) in [6.45, 7) is 2.01. The van der Waals surface area contributed by atoms with Crippen LogP contribution < -0.4 is 10.1 Å². The van der Waals surface area contributed by atoms with Crippen molar-refractivity contribution in [1.29, 1.82) is 0 Å². The maximum atomic E-state index is 13.3. The molecule has 39 heavy (non-hydrogen) atoms. The lowest BCUT2D eigenvalue weighted by Gasteiger charge is -2.20. The Hall–Kier alpha value is -3.44. The van der Waals surface area contributed by atoms with Gasteiger partial charge in [0.15, 0.2) is 0 Å². The van der Waals surface area contributed by atoms with Crippen LogP contribution in [0.2, 0.25) is 5.02 Å². The highest BCUT2D eigenvalue weighted by atomic mass is 35.5. The normalized spacial score (nSPS) is 21.6. The van der Waals surface area contributed by atoms with Gasteiger partial charge in [-0.2, -0.15) is 5.10 Å². The first kappa shape index (κ1) is 25.8. The van der Waals surface area contributed by atoms with Crippen molar-refractivity contribution >= 4 is 23.4 Å². The summed E-state index contributed by atoms with van der Waals surface area (Å²) >= 11 is 6.31. The number of halogens is 1. The average Bonchev–Trinajstić information content (AvgIpc) is 3.67. The Morgan fingerprint density at radius 1 is 1.18 bits per heavy atom. The maximum absolute atomic E-state index is 13.3. The first-order chi connectivity index (χ1) is 19.0. The molecule has 1 fully saturated rings. The van der Waals surface area contributed by atoms with Gasteiger partial charge < -0.3 is 19.7 Å². The third kappa shape index (κ3) is 5.79. The average molecular weight is 554 g/mol. The maximum Gasteiger partial charge on any atom is 0.251 e. The van der Waals surface area contributed by atoms with Crippen molar-refractivity contribution in [3.63, 3.8) is 0 Å². The van der Waals surface area contributed by atoms with Crippen molar-refractivity contribution < 1.29 is 19.1 Å². The van der Waals surface area contributed by atoms with E-state index in [9.17, 15) is 9.59 Å². The molecule has 3 aliphatic rings. The van der Waals surface area contributed by atoms with E-state index in [-0.39, 0.29) is 24.5 Å². The van der Waals surface area contributed by atoms with Gasteiger partial charge in [-0.3, -0.25) is 19.4 Å². The molecule has 2 atom stereocenters. The minimum Gasteiger partial charge on any atom is -0.492 e. The van der Waals surface area contributed by atoms with Crippen molar-refractivity contribution in [1.82, 2.24) is 35.4 Å². The summed E-state index contributed by atoms with van der Waals surface area (Å²) in [5.41, 5.74) is 4.62. The summed E-state index contributed by atoms with van der Waals surface area (Å²) in [6.07, 6.45) is 7.48. The summed E-state index contributed by atoms with van der Waals surface area (Å²) in [5, 5.41) is 19.5. The minimum atomic E-state index is -0.392. The molecule has 2 amide bonds. The van der Waals surface area contributed by atoms with Crippen LogP contribution in [-0.2, 0) is 41.9 Å². The Kier molecular flexibility index (Phi) is 7.51. The van der Waals surface area contributed by atoms with Crippen LogP contribution in [0.1, 0.15) is 58.7 Å². The second kappa shape index (κ2) is 11.4. The van der Waals surface area contributed by atoms with Crippen LogP contribution in [-0.4, -0.2) is 73.7 Å². The van der Waals surface area contributed by atoms with Crippen molar-refractivity contribution in [2.45, 2.75) is 70.2 Å². The summed E-state index contributed by atoms with van der Waals surface area (Å²) in [6, 6.07) is 4.59. The molecule has 0 spiro atoms. The lowest BCUT2D eigenvalue weighted by Crippen LogP contribution is -2.44. The number of aromatic amines is 1. The Morgan fingerprint density at radius 2 is 2.08 bits per heavy atom. The standard InChI is InChI=1S/C27H32ClN7O4/c28-20-7-6-17-12-24(20)38-11-3-10-35-13-18(30-33-35)16-39-25-15-34(14-23(25)29-27(17)37)26(36)9-8-22-19-4-1-2-5-21(19)31-32-22/h6-7,12-13,23,25H,1-5,8-11,14-16H2,(H,29,37)(H,31,32)/t23-,25-/m0/s1. The largest absolute Gasteiger partial charge is 0.492 e. The molecule has 206 valence electrons. The number of carbonyl (C=O) groups excluding carboxylic acids is 2. The van der Waals surface area contributed by atoms with Gasteiger partial charge in [0.05, 0.1) is 42.3 Å². The molecule has 4 bridgehead atoms. The van der Waals surface area contributed by atoms with Crippen LogP contribution in [0.3, 0.4) is 0 Å². The summed E-state index contributed by atoms with van der Waals surface area (Å²) in [7, 11) is 0. The lowest BCUT2D eigenvalue weighted by atomic mass is 9.94. The number of H-pyrrole nitrogens is 1. The van der Waals surface area contributed by atoms with Crippen LogP contribution in [0.25, 0.3) is 0 Å². The quantitative estimate of drug-likeness (QED) is 0.510. The molecule has 4 heterocycles. The third-order valence-electron chi connectivity index (χ3n) is 7.67. The second-order valence-electron chi connectivity index (χ2n) is 10.4. The number of fused-ring (bicyclic) bond motifs is 6. The van der Waals surface area contributed by atoms with Gasteiger partial charge in [0.25, 0.3) is 5.91 Å². The summed E-state index contributed by atoms with van der Waals surface area (Å²) in [4.78, 5) is 28.3. The first-order valence-corrected chi connectivity index (χ1v) is 14.0. The number of aryl methyl sites for hydroxylation is 3. The van der Waals surface area contributed by atoms with E-state index < -0.39 is 6.10 Å². The van der Waals surface area contributed by atoms with Crippen LogP contribution in [0, 0.1) is 0 Å². The fourth-order valence-corrected chi connectivity index (χ4v) is 5.72. The molecule has 11 nitrogen and oxygen atoms in total. The van der Waals surface area contributed by atoms with Gasteiger partial charge in [-0.05, 0) is 49.4 Å². The van der Waals surface area contributed by atoms with E-state index in [0.29, 0.717) is 67.5 Å². The van der Waals surface area contributed by atoms with Crippen molar-refractivity contribution in [3.8, 4) is 5.75 Å². The van der Waals surface area contributed by atoms with E-state index >= 15 is 0 Å². The smallest absolute Gasteiger partial charge is 0.251 e. The van der Waals surface area contributed by atoms with Gasteiger partial charge in [-0.25, -0.2) is 0 Å². The number of amides is 2. The molecule has 2 aromatic heterocycles. The first-order valence-electron chi connectivity index (χ1n) is 13.6. The van der Waals surface area contributed by atoms with Crippen molar-refractivity contribution in [2.75, 3.05) is 19.7 Å². The van der Waals surface area contributed by atoms with E-state index in [1.165, 1.54) is 17.7 Å². The SMILES string of the molecule is O=C1N[C@H]2CN(C(=O)CCc3n[nH]c4c3CCCC4)C[C@@H]2OCc2cn(nn2)CCCOc2cc1ccc2Cl. The van der Waals surface area contributed by atoms with E-state index in [2.05, 4.69) is 25.8 Å². The minimum absolute atomic E-state index is 0.0203. The molecule has 3 aromatic rings. The number of rotatable bonds is 3. The van der Waals surface area contributed by atoms with Gasteiger partial charge in [0.1, 0.15) is 11.4 Å². The van der Waals surface area contributed by atoms with E-state index in [1.54, 1.807) is 27.8 Å². The molecule has 2 N–H and O–H groups in total. The molecule has 1 aliphatic carbocycles. The molecular formula is C27H32ClN7O4. The number of ether oxygens (including phenoxy) is 2. The number of nitrogens with one attached hydrogen (secondary N) is 2. The molecule has 6 rings (SSSR count). The Morgan fingerprint density at radius 3 is 3.00 bits per heavy atom. The highest BCUT2D eigenvalue weighted by molar-refractivity contribution is 6.32. The van der Waals surface area contributed by atoms with E-state index in [1.807, 2.05) is 6.20 Å². The zero-order chi connectivity index (χ0) is 26.8. The zero-order valence-electron chi connectivity index (χ0n) is 21.7. The zero-order valence-corrected chi connectivity index (χ0v) is 22.5. The van der Waals surface area contributed by atoms with E-state index in [4.69, 9.17) is 21.1 Å². The van der Waals surface area contributed by atoms with Crippen molar-refractivity contribution in [3.05, 3.63) is 57.6 Å². The highest BCUT2D eigenvalue weighted by Gasteiger charge is 2.37. The van der Waals surface area contributed by atoms with E-state index in [0.717, 1.165) is 25.0 Å². The monoisotopic (exact) mass is 553 g/mol. The Labute approximate surface area is 231 Å². The lowest BCUT2D eigenvalue weighted by molar-refractivity contribution is -0.130. The molecule has 0 radical (unpaired) electrons. The Balaban J connectivity index is 1.17. The molecule has 1 aromatic carbocycles. The Bertz CT molecular complexity index is 1360. The molecule has 0 saturated carbocycles. The molecule has 1 saturated heterocycles. The third-order valence-corrected chi connectivity index (χ3v) is 7.98. The van der Waals surface area contributed by atoms with Crippen LogP contribution in [0.5, 0.6) is 5.75 Å². The fraction of sp³-hybridized carbons (Fsp3) is 0.519.